The van der Waals surface area contributed by atoms with Crippen LogP contribution in [0.3, 0.4) is 0 Å². The first-order valence-electron chi connectivity index (χ1n) is 6.22. The average Bonchev–Trinajstić information content (AvgIpc) is 3.09. The fraction of sp³-hybridized carbons (Fsp3) is 0.0714. The summed E-state index contributed by atoms with van der Waals surface area (Å²) in [6.07, 6.45) is 1.87. The zero-order valence-corrected chi connectivity index (χ0v) is 12.6. The number of aromatic nitrogens is 2. The summed E-state index contributed by atoms with van der Waals surface area (Å²) in [5.74, 6) is 0.410. The fourth-order valence-corrected chi connectivity index (χ4v) is 3.52. The third-order valence-electron chi connectivity index (χ3n) is 2.72. The molecule has 0 bridgehead atoms. The van der Waals surface area contributed by atoms with Gasteiger partial charge in [0.05, 0.1) is 17.0 Å². The van der Waals surface area contributed by atoms with Crippen LogP contribution in [0.2, 0.25) is 0 Å². The highest BCUT2D eigenvalue weighted by Crippen LogP contribution is 2.32. The molecular weight excluding hydrogens is 304 g/mol. The Labute approximate surface area is 129 Å². The molecule has 0 aromatic carbocycles. The Morgan fingerprint density at radius 1 is 1.29 bits per heavy atom. The van der Waals surface area contributed by atoms with E-state index in [2.05, 4.69) is 15.3 Å². The van der Waals surface area contributed by atoms with Gasteiger partial charge in [0.15, 0.2) is 5.13 Å². The van der Waals surface area contributed by atoms with E-state index in [4.69, 9.17) is 5.73 Å². The van der Waals surface area contributed by atoms with Crippen molar-refractivity contribution in [2.24, 2.45) is 0 Å². The van der Waals surface area contributed by atoms with Crippen LogP contribution in [0.4, 0.5) is 10.9 Å². The lowest BCUT2D eigenvalue weighted by Crippen LogP contribution is -2.14. The van der Waals surface area contributed by atoms with E-state index in [-0.39, 0.29) is 12.3 Å². The molecule has 0 radical (unpaired) electrons. The monoisotopic (exact) mass is 316 g/mol. The molecule has 3 aromatic rings. The first kappa shape index (κ1) is 13.7. The standard InChI is InChI=1S/C14H12N4OS2/c15-14-18-13(9-4-3-7-20-9)10(21-14)8-12(19)17-11-5-1-2-6-16-11/h1-7H,8H2,(H2,15,18)(H,16,17,19). The molecule has 0 aliphatic rings. The lowest BCUT2D eigenvalue weighted by atomic mass is 10.2. The van der Waals surface area contributed by atoms with Crippen LogP contribution in [0, 0.1) is 0 Å². The van der Waals surface area contributed by atoms with Crippen LogP contribution >= 0.6 is 22.7 Å². The Bertz CT molecular complexity index is 738. The molecule has 0 spiro atoms. The largest absolute Gasteiger partial charge is 0.375 e. The Balaban J connectivity index is 1.77. The molecule has 0 saturated heterocycles. The fourth-order valence-electron chi connectivity index (χ4n) is 1.87. The van der Waals surface area contributed by atoms with Gasteiger partial charge in [-0.1, -0.05) is 12.1 Å². The van der Waals surface area contributed by atoms with E-state index in [0.717, 1.165) is 15.4 Å². The van der Waals surface area contributed by atoms with Gasteiger partial charge < -0.3 is 11.1 Å². The Morgan fingerprint density at radius 2 is 2.19 bits per heavy atom. The van der Waals surface area contributed by atoms with E-state index in [0.29, 0.717) is 10.9 Å². The summed E-state index contributed by atoms with van der Waals surface area (Å²) < 4.78 is 0. The topological polar surface area (TPSA) is 80.9 Å². The van der Waals surface area contributed by atoms with E-state index >= 15 is 0 Å². The molecule has 21 heavy (non-hydrogen) atoms. The number of thiazole rings is 1. The highest BCUT2D eigenvalue weighted by molar-refractivity contribution is 7.17. The second kappa shape index (κ2) is 6.02. The van der Waals surface area contributed by atoms with Crippen molar-refractivity contribution in [3.05, 3.63) is 46.8 Å². The van der Waals surface area contributed by atoms with Gasteiger partial charge in [-0.3, -0.25) is 4.79 Å². The molecule has 3 aromatic heterocycles. The minimum atomic E-state index is -0.129. The highest BCUT2D eigenvalue weighted by Gasteiger charge is 2.16. The van der Waals surface area contributed by atoms with Crippen molar-refractivity contribution in [2.45, 2.75) is 6.42 Å². The summed E-state index contributed by atoms with van der Waals surface area (Å²) in [5.41, 5.74) is 6.58. The van der Waals surface area contributed by atoms with Gasteiger partial charge in [0.2, 0.25) is 5.91 Å². The van der Waals surface area contributed by atoms with Crippen molar-refractivity contribution < 1.29 is 4.79 Å². The number of hydrogen-bond donors (Lipinski definition) is 2. The second-order valence-corrected chi connectivity index (χ2v) is 6.30. The summed E-state index contributed by atoms with van der Waals surface area (Å²) >= 11 is 2.92. The number of rotatable bonds is 4. The molecule has 5 nitrogen and oxygen atoms in total. The quantitative estimate of drug-likeness (QED) is 0.775. The van der Waals surface area contributed by atoms with Gasteiger partial charge >= 0.3 is 0 Å². The molecule has 0 aliphatic heterocycles. The van der Waals surface area contributed by atoms with Crippen LogP contribution in [0.15, 0.2) is 41.9 Å². The van der Waals surface area contributed by atoms with Crippen molar-refractivity contribution >= 4 is 39.5 Å². The molecule has 106 valence electrons. The number of thiophene rings is 1. The highest BCUT2D eigenvalue weighted by atomic mass is 32.1. The molecule has 0 atom stereocenters. The van der Waals surface area contributed by atoms with Crippen LogP contribution in [0.25, 0.3) is 10.6 Å². The number of carbonyl (C=O) groups is 1. The summed E-state index contributed by atoms with van der Waals surface area (Å²) in [5, 5.41) is 5.21. The van der Waals surface area contributed by atoms with Crippen molar-refractivity contribution in [2.75, 3.05) is 11.1 Å². The maximum atomic E-state index is 12.1. The Morgan fingerprint density at radius 3 is 2.90 bits per heavy atom. The van der Waals surface area contributed by atoms with Crippen molar-refractivity contribution in [1.82, 2.24) is 9.97 Å². The van der Waals surface area contributed by atoms with Crippen LogP contribution < -0.4 is 11.1 Å². The van der Waals surface area contributed by atoms with Gasteiger partial charge in [0.25, 0.3) is 0 Å². The third kappa shape index (κ3) is 3.26. The van der Waals surface area contributed by atoms with E-state index in [1.807, 2.05) is 23.6 Å². The number of anilines is 2. The maximum absolute atomic E-state index is 12.1. The molecule has 3 heterocycles. The molecular formula is C14H12N4OS2. The Hall–Kier alpha value is -2.25. The predicted octanol–water partition coefficient (Wildman–Crippen LogP) is 3.03. The number of nitrogens with one attached hydrogen (secondary N) is 1. The summed E-state index contributed by atoms with van der Waals surface area (Å²) in [6, 6.07) is 9.30. The van der Waals surface area contributed by atoms with E-state index in [9.17, 15) is 4.79 Å². The first-order chi connectivity index (χ1) is 10.2. The average molecular weight is 316 g/mol. The number of carbonyl (C=O) groups excluding carboxylic acids is 1. The number of pyridine rings is 1. The number of amides is 1. The van der Waals surface area contributed by atoms with Gasteiger partial charge in [0, 0.05) is 11.1 Å². The summed E-state index contributed by atoms with van der Waals surface area (Å²) in [6.45, 7) is 0. The molecule has 0 saturated carbocycles. The van der Waals surface area contributed by atoms with Crippen molar-refractivity contribution in [1.29, 1.82) is 0 Å². The summed E-state index contributed by atoms with van der Waals surface area (Å²) in [4.78, 5) is 22.4. The van der Waals surface area contributed by atoms with E-state index in [1.165, 1.54) is 11.3 Å². The molecule has 7 heteroatoms. The molecule has 1 amide bonds. The third-order valence-corrected chi connectivity index (χ3v) is 4.48. The number of nitrogens with zero attached hydrogens (tertiary/aromatic N) is 2. The SMILES string of the molecule is Nc1nc(-c2cccs2)c(CC(=O)Nc2ccccn2)s1. The number of hydrogen-bond acceptors (Lipinski definition) is 6. The molecule has 3 rings (SSSR count). The first-order valence-corrected chi connectivity index (χ1v) is 7.92. The lowest BCUT2D eigenvalue weighted by Gasteiger charge is -2.03. The molecule has 0 fully saturated rings. The van der Waals surface area contributed by atoms with Crippen LogP contribution in [-0.4, -0.2) is 15.9 Å². The van der Waals surface area contributed by atoms with Crippen molar-refractivity contribution in [3.63, 3.8) is 0 Å². The smallest absolute Gasteiger partial charge is 0.230 e. The van der Waals surface area contributed by atoms with Gasteiger partial charge in [-0.2, -0.15) is 0 Å². The Kier molecular flexibility index (Phi) is 3.94. The van der Waals surface area contributed by atoms with Crippen LogP contribution in [0.5, 0.6) is 0 Å². The zero-order chi connectivity index (χ0) is 14.7. The van der Waals surface area contributed by atoms with Crippen LogP contribution in [0.1, 0.15) is 4.88 Å². The van der Waals surface area contributed by atoms with Gasteiger partial charge in [-0.15, -0.1) is 22.7 Å². The van der Waals surface area contributed by atoms with Crippen molar-refractivity contribution in [3.8, 4) is 10.6 Å². The molecule has 0 aliphatic carbocycles. The van der Waals surface area contributed by atoms with Gasteiger partial charge in [-0.05, 0) is 23.6 Å². The molecule has 0 unspecified atom stereocenters. The van der Waals surface area contributed by atoms with E-state index in [1.54, 1.807) is 29.7 Å². The maximum Gasteiger partial charge on any atom is 0.230 e. The minimum Gasteiger partial charge on any atom is -0.375 e. The minimum absolute atomic E-state index is 0.129. The summed E-state index contributed by atoms with van der Waals surface area (Å²) in [7, 11) is 0. The zero-order valence-electron chi connectivity index (χ0n) is 10.9. The number of nitrogens with two attached hydrogens (primary N) is 1. The van der Waals surface area contributed by atoms with Gasteiger partial charge in [-0.25, -0.2) is 9.97 Å². The normalized spacial score (nSPS) is 10.5. The lowest BCUT2D eigenvalue weighted by molar-refractivity contribution is -0.115. The van der Waals surface area contributed by atoms with Crippen LogP contribution in [-0.2, 0) is 11.2 Å². The van der Waals surface area contributed by atoms with E-state index < -0.39 is 0 Å². The second-order valence-electron chi connectivity index (χ2n) is 4.24. The predicted molar refractivity (Wildman–Crippen MR) is 86.4 cm³/mol. The number of nitrogen functional groups attached to an aromatic ring is 1. The molecule has 3 N–H and O–H groups in total. The van der Waals surface area contributed by atoms with Gasteiger partial charge in [0.1, 0.15) is 5.82 Å².